The molecule has 0 heterocycles. The van der Waals surface area contributed by atoms with Gasteiger partial charge in [-0.2, -0.15) is 0 Å². The first-order valence-electron chi connectivity index (χ1n) is 5.28. The fourth-order valence-electron chi connectivity index (χ4n) is 1.76. The van der Waals surface area contributed by atoms with Crippen LogP contribution in [0.2, 0.25) is 5.02 Å². The number of benzene rings is 2. The van der Waals surface area contributed by atoms with Crippen molar-refractivity contribution in [3.05, 3.63) is 63.2 Å². The van der Waals surface area contributed by atoms with Gasteiger partial charge in [-0.05, 0) is 11.6 Å². The summed E-state index contributed by atoms with van der Waals surface area (Å²) < 4.78 is 0. The molecule has 1 N–H and O–H groups in total. The van der Waals surface area contributed by atoms with E-state index in [9.17, 15) is 14.9 Å². The van der Waals surface area contributed by atoms with Gasteiger partial charge in [0.25, 0.3) is 0 Å². The number of nitrogens with zero attached hydrogens (tertiary/aromatic N) is 1. The molecule has 19 heavy (non-hydrogen) atoms. The van der Waals surface area contributed by atoms with E-state index in [0.29, 0.717) is 11.1 Å². The van der Waals surface area contributed by atoms with Gasteiger partial charge in [-0.1, -0.05) is 48.0 Å². The smallest absolute Gasteiger partial charge is 0.342 e. The largest absolute Gasteiger partial charge is 0.477 e. The van der Waals surface area contributed by atoms with E-state index in [2.05, 4.69) is 0 Å². The van der Waals surface area contributed by atoms with Crippen LogP contribution in [0.25, 0.3) is 11.1 Å². The van der Waals surface area contributed by atoms with Crippen LogP contribution in [-0.2, 0) is 0 Å². The van der Waals surface area contributed by atoms with Gasteiger partial charge in [0.1, 0.15) is 10.6 Å². The first kappa shape index (κ1) is 13.0. The number of rotatable bonds is 3. The molecule has 6 heteroatoms. The summed E-state index contributed by atoms with van der Waals surface area (Å²) in [6.45, 7) is 0. The molecule has 0 aliphatic heterocycles. The van der Waals surface area contributed by atoms with Crippen LogP contribution in [0, 0.1) is 10.1 Å². The zero-order chi connectivity index (χ0) is 14.0. The third-order valence-corrected chi connectivity index (χ3v) is 3.00. The fraction of sp³-hybridized carbons (Fsp3) is 0. The van der Waals surface area contributed by atoms with Gasteiger partial charge in [-0.15, -0.1) is 0 Å². The second-order valence-electron chi connectivity index (χ2n) is 3.75. The predicted octanol–water partition coefficient (Wildman–Crippen LogP) is 3.61. The van der Waals surface area contributed by atoms with Crippen molar-refractivity contribution in [2.45, 2.75) is 0 Å². The highest BCUT2D eigenvalue weighted by atomic mass is 35.5. The molecule has 0 bridgehead atoms. The number of aromatic carboxylic acids is 1. The molecule has 0 aromatic heterocycles. The third-order valence-electron chi connectivity index (χ3n) is 2.61. The second-order valence-corrected chi connectivity index (χ2v) is 4.13. The van der Waals surface area contributed by atoms with E-state index in [-0.39, 0.29) is 5.02 Å². The Morgan fingerprint density at radius 3 is 2.32 bits per heavy atom. The van der Waals surface area contributed by atoms with Crippen molar-refractivity contribution in [1.82, 2.24) is 0 Å². The zero-order valence-corrected chi connectivity index (χ0v) is 10.3. The van der Waals surface area contributed by atoms with E-state index in [4.69, 9.17) is 16.7 Å². The summed E-state index contributed by atoms with van der Waals surface area (Å²) in [6.07, 6.45) is 0. The molecule has 0 aliphatic rings. The molecule has 0 amide bonds. The van der Waals surface area contributed by atoms with Crippen molar-refractivity contribution in [3.8, 4) is 11.1 Å². The maximum absolute atomic E-state index is 11.0. The van der Waals surface area contributed by atoms with Gasteiger partial charge >= 0.3 is 11.7 Å². The lowest BCUT2D eigenvalue weighted by Gasteiger charge is -2.07. The molecule has 0 aliphatic carbocycles. The van der Waals surface area contributed by atoms with Gasteiger partial charge in [0.15, 0.2) is 0 Å². The van der Waals surface area contributed by atoms with E-state index in [1.807, 2.05) is 0 Å². The topological polar surface area (TPSA) is 80.4 Å². The van der Waals surface area contributed by atoms with Crippen LogP contribution < -0.4 is 0 Å². The molecule has 0 saturated carbocycles. The summed E-state index contributed by atoms with van der Waals surface area (Å²) in [5, 5.41) is 19.8. The van der Waals surface area contributed by atoms with E-state index >= 15 is 0 Å². The highest BCUT2D eigenvalue weighted by Crippen LogP contribution is 2.37. The monoisotopic (exact) mass is 277 g/mol. The summed E-state index contributed by atoms with van der Waals surface area (Å²) in [7, 11) is 0. The molecule has 0 fully saturated rings. The van der Waals surface area contributed by atoms with Crippen LogP contribution in [0.3, 0.4) is 0 Å². The number of halogens is 1. The van der Waals surface area contributed by atoms with E-state index < -0.39 is 22.1 Å². The SMILES string of the molecule is O=C(O)c1ccc(-c2ccccc2)c(Cl)c1[N+](=O)[O-]. The minimum absolute atomic E-state index is 0.170. The first-order valence-corrected chi connectivity index (χ1v) is 5.65. The minimum Gasteiger partial charge on any atom is -0.477 e. The Bertz CT molecular complexity index is 655. The first-order chi connectivity index (χ1) is 9.02. The van der Waals surface area contributed by atoms with Crippen LogP contribution in [0.15, 0.2) is 42.5 Å². The molecule has 0 atom stereocenters. The molecule has 0 radical (unpaired) electrons. The lowest BCUT2D eigenvalue weighted by Crippen LogP contribution is -2.03. The Balaban J connectivity index is 2.71. The van der Waals surface area contributed by atoms with Gasteiger partial charge < -0.3 is 5.11 Å². The Kier molecular flexibility index (Phi) is 3.48. The fourth-order valence-corrected chi connectivity index (χ4v) is 2.10. The Labute approximate surface area is 113 Å². The van der Waals surface area contributed by atoms with Crippen LogP contribution >= 0.6 is 11.6 Å². The number of hydrogen-bond acceptors (Lipinski definition) is 3. The number of hydrogen-bond donors (Lipinski definition) is 1. The lowest BCUT2D eigenvalue weighted by molar-refractivity contribution is -0.385. The van der Waals surface area contributed by atoms with Gasteiger partial charge in [-0.25, -0.2) is 4.79 Å². The molecule has 0 saturated heterocycles. The van der Waals surface area contributed by atoms with Crippen molar-refractivity contribution in [2.24, 2.45) is 0 Å². The molecule has 96 valence electrons. The summed E-state index contributed by atoms with van der Waals surface area (Å²) in [5.74, 6) is -1.38. The number of nitro groups is 1. The molecule has 5 nitrogen and oxygen atoms in total. The molecule has 2 aromatic carbocycles. The Morgan fingerprint density at radius 1 is 1.16 bits per heavy atom. The van der Waals surface area contributed by atoms with Crippen molar-refractivity contribution < 1.29 is 14.8 Å². The molecule has 0 unspecified atom stereocenters. The van der Waals surface area contributed by atoms with Gasteiger partial charge in [-0.3, -0.25) is 10.1 Å². The van der Waals surface area contributed by atoms with E-state index in [1.54, 1.807) is 30.3 Å². The quantitative estimate of drug-likeness (QED) is 0.686. The summed E-state index contributed by atoms with van der Waals surface area (Å²) in [4.78, 5) is 21.2. The van der Waals surface area contributed by atoms with E-state index in [0.717, 1.165) is 0 Å². The second kappa shape index (κ2) is 5.07. The normalized spacial score (nSPS) is 10.2. The number of carboxylic acid groups (broad SMARTS) is 1. The molecular weight excluding hydrogens is 270 g/mol. The number of carbonyl (C=O) groups is 1. The Morgan fingerprint density at radius 2 is 1.79 bits per heavy atom. The number of carboxylic acids is 1. The standard InChI is InChI=1S/C13H8ClNO4/c14-11-9(8-4-2-1-3-5-8)6-7-10(13(16)17)12(11)15(18)19/h1-7H,(H,16,17). The van der Waals surface area contributed by atoms with Gasteiger partial charge in [0, 0.05) is 5.56 Å². The average Bonchev–Trinajstić information content (AvgIpc) is 2.38. The highest BCUT2D eigenvalue weighted by molar-refractivity contribution is 6.36. The summed E-state index contributed by atoms with van der Waals surface area (Å²) in [6, 6.07) is 11.5. The molecule has 2 aromatic rings. The van der Waals surface area contributed by atoms with Crippen LogP contribution in [0.1, 0.15) is 10.4 Å². The van der Waals surface area contributed by atoms with Crippen molar-refractivity contribution in [2.75, 3.05) is 0 Å². The predicted molar refractivity (Wildman–Crippen MR) is 70.5 cm³/mol. The van der Waals surface area contributed by atoms with Gasteiger partial charge in [0.05, 0.1) is 4.92 Å². The van der Waals surface area contributed by atoms with Crippen LogP contribution in [0.4, 0.5) is 5.69 Å². The maximum Gasteiger partial charge on any atom is 0.342 e. The van der Waals surface area contributed by atoms with Crippen molar-refractivity contribution in [1.29, 1.82) is 0 Å². The van der Waals surface area contributed by atoms with Gasteiger partial charge in [0.2, 0.25) is 0 Å². The molecule has 0 spiro atoms. The maximum atomic E-state index is 11.0. The zero-order valence-electron chi connectivity index (χ0n) is 9.54. The minimum atomic E-state index is -1.38. The average molecular weight is 278 g/mol. The van der Waals surface area contributed by atoms with Crippen LogP contribution in [0.5, 0.6) is 0 Å². The van der Waals surface area contributed by atoms with Crippen molar-refractivity contribution >= 4 is 23.3 Å². The summed E-state index contributed by atoms with van der Waals surface area (Å²) in [5.41, 5.74) is 0.108. The van der Waals surface area contributed by atoms with Crippen molar-refractivity contribution in [3.63, 3.8) is 0 Å². The molecule has 2 rings (SSSR count). The Hall–Kier alpha value is -2.40. The van der Waals surface area contributed by atoms with Crippen LogP contribution in [-0.4, -0.2) is 16.0 Å². The highest BCUT2D eigenvalue weighted by Gasteiger charge is 2.26. The molecular formula is C13H8ClNO4. The third kappa shape index (κ3) is 2.41. The summed E-state index contributed by atoms with van der Waals surface area (Å²) >= 11 is 5.98. The van der Waals surface area contributed by atoms with E-state index in [1.165, 1.54) is 12.1 Å². The lowest BCUT2D eigenvalue weighted by atomic mass is 10.0. The number of nitro benzene ring substituents is 1.